The number of rotatable bonds is 7. The molecule has 0 fully saturated rings. The lowest BCUT2D eigenvalue weighted by Crippen LogP contribution is -2.37. The summed E-state index contributed by atoms with van der Waals surface area (Å²) in [6.07, 6.45) is 2.43. The van der Waals surface area contributed by atoms with Gasteiger partial charge in [-0.3, -0.25) is 4.90 Å². The van der Waals surface area contributed by atoms with E-state index in [9.17, 15) is 0 Å². The van der Waals surface area contributed by atoms with Crippen LogP contribution in [0.4, 0.5) is 0 Å². The van der Waals surface area contributed by atoms with Gasteiger partial charge in [0.25, 0.3) is 0 Å². The Bertz CT molecular complexity index is 381. The summed E-state index contributed by atoms with van der Waals surface area (Å²) in [6, 6.07) is 8.72. The summed E-state index contributed by atoms with van der Waals surface area (Å²) in [5.74, 6) is 0. The molecule has 3 heteroatoms. The fourth-order valence-corrected chi connectivity index (χ4v) is 2.24. The van der Waals surface area contributed by atoms with Gasteiger partial charge < -0.3 is 5.32 Å². The predicted molar refractivity (Wildman–Crippen MR) is 89.4 cm³/mol. The Morgan fingerprint density at radius 1 is 1.20 bits per heavy atom. The zero-order valence-corrected chi connectivity index (χ0v) is 14.3. The normalized spacial score (nSPS) is 13.8. The van der Waals surface area contributed by atoms with Crippen molar-refractivity contribution in [3.63, 3.8) is 0 Å². The maximum absolute atomic E-state index is 5.91. The second-order valence-electron chi connectivity index (χ2n) is 6.71. The second kappa shape index (κ2) is 8.02. The van der Waals surface area contributed by atoms with E-state index in [4.69, 9.17) is 11.6 Å². The lowest BCUT2D eigenvalue weighted by molar-refractivity contribution is 0.232. The Morgan fingerprint density at radius 2 is 1.80 bits per heavy atom. The first-order chi connectivity index (χ1) is 9.28. The summed E-state index contributed by atoms with van der Waals surface area (Å²) in [5.41, 5.74) is 1.54. The third kappa shape index (κ3) is 7.28. The molecule has 0 amide bonds. The quantitative estimate of drug-likeness (QED) is 0.754. The van der Waals surface area contributed by atoms with Crippen LogP contribution < -0.4 is 5.32 Å². The van der Waals surface area contributed by atoms with Crippen LogP contribution in [0.5, 0.6) is 0 Å². The summed E-state index contributed by atoms with van der Waals surface area (Å²) in [5, 5.41) is 4.34. The maximum Gasteiger partial charge on any atom is 0.0406 e. The van der Waals surface area contributed by atoms with Crippen LogP contribution >= 0.6 is 11.6 Å². The highest BCUT2D eigenvalue weighted by Crippen LogP contribution is 2.13. The van der Waals surface area contributed by atoms with E-state index in [1.807, 2.05) is 12.1 Å². The van der Waals surface area contributed by atoms with Crippen molar-refractivity contribution in [3.05, 3.63) is 34.9 Å². The van der Waals surface area contributed by atoms with Crippen LogP contribution in [0.1, 0.15) is 46.1 Å². The van der Waals surface area contributed by atoms with Crippen molar-refractivity contribution in [1.82, 2.24) is 10.2 Å². The van der Waals surface area contributed by atoms with E-state index in [-0.39, 0.29) is 5.54 Å². The van der Waals surface area contributed by atoms with Crippen molar-refractivity contribution in [2.75, 3.05) is 13.6 Å². The molecule has 1 aromatic carbocycles. The molecular formula is C17H29ClN2. The highest BCUT2D eigenvalue weighted by atomic mass is 35.5. The maximum atomic E-state index is 5.91. The zero-order valence-electron chi connectivity index (χ0n) is 13.5. The van der Waals surface area contributed by atoms with Gasteiger partial charge in [-0.05, 0) is 71.8 Å². The van der Waals surface area contributed by atoms with Crippen molar-refractivity contribution in [2.24, 2.45) is 0 Å². The van der Waals surface area contributed by atoms with Crippen molar-refractivity contribution in [1.29, 1.82) is 0 Å². The first kappa shape index (κ1) is 17.5. The molecule has 2 nitrogen and oxygen atoms in total. The van der Waals surface area contributed by atoms with Gasteiger partial charge in [-0.15, -0.1) is 0 Å². The number of benzene rings is 1. The number of nitrogens with one attached hydrogen (secondary N) is 1. The Hall–Kier alpha value is -0.570. The highest BCUT2D eigenvalue weighted by Gasteiger charge is 2.11. The molecule has 0 aliphatic rings. The van der Waals surface area contributed by atoms with Gasteiger partial charge in [0, 0.05) is 23.1 Å². The molecule has 1 unspecified atom stereocenters. The average Bonchev–Trinajstić information content (AvgIpc) is 2.36. The minimum absolute atomic E-state index is 0.221. The Morgan fingerprint density at radius 3 is 2.35 bits per heavy atom. The lowest BCUT2D eigenvalue weighted by Gasteiger charge is -2.26. The smallest absolute Gasteiger partial charge is 0.0406 e. The molecule has 0 aliphatic heterocycles. The van der Waals surface area contributed by atoms with Gasteiger partial charge in [-0.1, -0.05) is 23.7 Å². The lowest BCUT2D eigenvalue weighted by atomic mass is 10.1. The fourth-order valence-electron chi connectivity index (χ4n) is 2.11. The Labute approximate surface area is 129 Å². The average molecular weight is 297 g/mol. The van der Waals surface area contributed by atoms with Gasteiger partial charge in [0.15, 0.2) is 0 Å². The predicted octanol–water partition coefficient (Wildman–Crippen LogP) is 4.33. The SMILES string of the molecule is CC(CCCNC(C)(C)C)N(C)Cc1ccc(Cl)cc1. The molecule has 0 radical (unpaired) electrons. The Balaban J connectivity index is 2.28. The van der Waals surface area contributed by atoms with Gasteiger partial charge in [0.1, 0.15) is 0 Å². The monoisotopic (exact) mass is 296 g/mol. The van der Waals surface area contributed by atoms with Crippen LogP contribution in [0.15, 0.2) is 24.3 Å². The van der Waals surface area contributed by atoms with Crippen LogP contribution in [0.25, 0.3) is 0 Å². The van der Waals surface area contributed by atoms with Crippen LogP contribution in [-0.2, 0) is 6.54 Å². The van der Waals surface area contributed by atoms with Crippen LogP contribution in [0.3, 0.4) is 0 Å². The first-order valence-corrected chi connectivity index (χ1v) is 7.85. The fraction of sp³-hybridized carbons (Fsp3) is 0.647. The van der Waals surface area contributed by atoms with Gasteiger partial charge in [-0.2, -0.15) is 0 Å². The minimum atomic E-state index is 0.221. The number of hydrogen-bond acceptors (Lipinski definition) is 2. The van der Waals surface area contributed by atoms with E-state index < -0.39 is 0 Å². The van der Waals surface area contributed by atoms with Crippen LogP contribution in [0.2, 0.25) is 5.02 Å². The topological polar surface area (TPSA) is 15.3 Å². The third-order valence-corrected chi connectivity index (χ3v) is 3.80. The molecule has 1 atom stereocenters. The van der Waals surface area contributed by atoms with Gasteiger partial charge in [0.2, 0.25) is 0 Å². The molecule has 1 N–H and O–H groups in total. The summed E-state index contributed by atoms with van der Waals surface area (Å²) < 4.78 is 0. The highest BCUT2D eigenvalue weighted by molar-refractivity contribution is 6.30. The first-order valence-electron chi connectivity index (χ1n) is 7.47. The van der Waals surface area contributed by atoms with Crippen molar-refractivity contribution in [2.45, 2.75) is 58.7 Å². The van der Waals surface area contributed by atoms with E-state index >= 15 is 0 Å². The summed E-state index contributed by atoms with van der Waals surface area (Å²) >= 11 is 5.91. The van der Waals surface area contributed by atoms with Gasteiger partial charge >= 0.3 is 0 Å². The largest absolute Gasteiger partial charge is 0.312 e. The second-order valence-corrected chi connectivity index (χ2v) is 7.15. The molecule has 0 aromatic heterocycles. The van der Waals surface area contributed by atoms with Crippen molar-refractivity contribution >= 4 is 11.6 Å². The molecule has 0 saturated carbocycles. The van der Waals surface area contributed by atoms with E-state index in [2.05, 4.69) is 57.1 Å². The number of halogens is 1. The van der Waals surface area contributed by atoms with Crippen LogP contribution in [-0.4, -0.2) is 30.1 Å². The summed E-state index contributed by atoms with van der Waals surface area (Å²) in [6.45, 7) is 11.0. The zero-order chi connectivity index (χ0) is 15.2. The van der Waals surface area contributed by atoms with Crippen molar-refractivity contribution in [3.8, 4) is 0 Å². The molecular weight excluding hydrogens is 268 g/mol. The molecule has 0 heterocycles. The van der Waals surface area contributed by atoms with Crippen molar-refractivity contribution < 1.29 is 0 Å². The molecule has 114 valence electrons. The molecule has 0 saturated heterocycles. The number of nitrogens with zero attached hydrogens (tertiary/aromatic N) is 1. The third-order valence-electron chi connectivity index (χ3n) is 3.55. The van der Waals surface area contributed by atoms with E-state index in [0.29, 0.717) is 6.04 Å². The molecule has 20 heavy (non-hydrogen) atoms. The van der Waals surface area contributed by atoms with Crippen LogP contribution in [0, 0.1) is 0 Å². The van der Waals surface area contributed by atoms with Gasteiger partial charge in [0.05, 0.1) is 0 Å². The summed E-state index contributed by atoms with van der Waals surface area (Å²) in [4.78, 5) is 2.40. The molecule has 1 aromatic rings. The molecule has 0 bridgehead atoms. The molecule has 1 rings (SSSR count). The molecule has 0 spiro atoms. The summed E-state index contributed by atoms with van der Waals surface area (Å²) in [7, 11) is 2.19. The van der Waals surface area contributed by atoms with E-state index in [0.717, 1.165) is 18.1 Å². The standard InChI is InChI=1S/C17H29ClN2/c1-14(7-6-12-19-17(2,3)4)20(5)13-15-8-10-16(18)11-9-15/h8-11,14,19H,6-7,12-13H2,1-5H3. The number of hydrogen-bond donors (Lipinski definition) is 1. The molecule has 0 aliphatic carbocycles. The van der Waals surface area contributed by atoms with Gasteiger partial charge in [-0.25, -0.2) is 0 Å². The minimum Gasteiger partial charge on any atom is -0.312 e. The Kier molecular flexibility index (Phi) is 7.01. The van der Waals surface area contributed by atoms with E-state index in [1.165, 1.54) is 18.4 Å². The van der Waals surface area contributed by atoms with E-state index in [1.54, 1.807) is 0 Å².